The molecule has 0 saturated heterocycles. The van der Waals surface area contributed by atoms with Crippen molar-refractivity contribution in [2.45, 2.75) is 85.2 Å². The Morgan fingerprint density at radius 1 is 1.07 bits per heavy atom. The molecule has 0 heterocycles. The van der Waals surface area contributed by atoms with E-state index in [0.717, 1.165) is 32.1 Å². The molecule has 0 N–H and O–H groups in total. The van der Waals surface area contributed by atoms with Crippen molar-refractivity contribution in [1.29, 1.82) is 0 Å². The normalized spacial score (nSPS) is 47.5. The molecule has 4 rings (SSSR count). The van der Waals surface area contributed by atoms with E-state index in [2.05, 4.69) is 20.8 Å². The van der Waals surface area contributed by atoms with Crippen LogP contribution in [0.5, 0.6) is 0 Å². The van der Waals surface area contributed by atoms with Crippen LogP contribution >= 0.6 is 0 Å². The average Bonchev–Trinajstić information content (AvgIpc) is 2.90. The Labute approximate surface area is 168 Å². The summed E-state index contributed by atoms with van der Waals surface area (Å²) in [5.41, 5.74) is 0.218. The lowest BCUT2D eigenvalue weighted by Crippen LogP contribution is -2.59. The van der Waals surface area contributed by atoms with Crippen LogP contribution in [-0.2, 0) is 19.1 Å². The first-order valence-electron chi connectivity index (χ1n) is 11.0. The Bertz CT molecular complexity index is 767. The molecule has 0 spiro atoms. The highest BCUT2D eigenvalue weighted by molar-refractivity contribution is 5.92. The number of carbonyl (C=O) groups is 3. The zero-order chi connectivity index (χ0) is 20.5. The number of allylic oxidation sites excluding steroid dienone is 1. The number of ketones is 2. The fraction of sp³-hybridized carbons (Fsp3) is 0.792. The topological polar surface area (TPSA) is 60.4 Å². The van der Waals surface area contributed by atoms with Gasteiger partial charge in [0.05, 0.1) is 0 Å². The molecule has 3 saturated carbocycles. The fourth-order valence-corrected chi connectivity index (χ4v) is 8.05. The van der Waals surface area contributed by atoms with Gasteiger partial charge in [-0.15, -0.1) is 0 Å². The summed E-state index contributed by atoms with van der Waals surface area (Å²) in [5.74, 6) is 1.82. The maximum Gasteiger partial charge on any atom is 0.303 e. The molecule has 0 aromatic rings. The van der Waals surface area contributed by atoms with E-state index < -0.39 is 5.60 Å². The van der Waals surface area contributed by atoms with E-state index >= 15 is 0 Å². The van der Waals surface area contributed by atoms with Crippen molar-refractivity contribution in [1.82, 2.24) is 0 Å². The van der Waals surface area contributed by atoms with Gasteiger partial charge in [0.15, 0.2) is 17.2 Å². The van der Waals surface area contributed by atoms with Crippen LogP contribution in [0.4, 0.5) is 0 Å². The standard InChI is InChI=1S/C24H34O4/c1-14-12-18-19(22(4)9-6-17(27)13-21(14)22)7-10-23(5)20(18)8-11-24(23,15(2)25)28-16(3)26/h13-14,18-20H,6-12H2,1-5H3/t14-,18+,19-,20-,22-,23-,24-/m0/s1. The zero-order valence-corrected chi connectivity index (χ0v) is 18.0. The predicted molar refractivity (Wildman–Crippen MR) is 106 cm³/mol. The molecule has 0 amide bonds. The van der Waals surface area contributed by atoms with Crippen LogP contribution < -0.4 is 0 Å². The summed E-state index contributed by atoms with van der Waals surface area (Å²) in [6.07, 6.45) is 8.19. The third kappa shape index (κ3) is 2.45. The largest absolute Gasteiger partial charge is 0.451 e. The van der Waals surface area contributed by atoms with Crippen LogP contribution in [0.1, 0.15) is 79.6 Å². The number of fused-ring (bicyclic) bond motifs is 5. The maximum atomic E-state index is 12.8. The van der Waals surface area contributed by atoms with Crippen molar-refractivity contribution in [3.05, 3.63) is 11.6 Å². The smallest absolute Gasteiger partial charge is 0.303 e. The number of carbonyl (C=O) groups excluding carboxylic acids is 3. The minimum absolute atomic E-state index is 0.00469. The molecule has 154 valence electrons. The van der Waals surface area contributed by atoms with Crippen molar-refractivity contribution in [3.63, 3.8) is 0 Å². The molecule has 7 atom stereocenters. The zero-order valence-electron chi connectivity index (χ0n) is 18.0. The lowest BCUT2D eigenvalue weighted by Gasteiger charge is -2.60. The van der Waals surface area contributed by atoms with Crippen LogP contribution in [0.3, 0.4) is 0 Å². The minimum Gasteiger partial charge on any atom is -0.451 e. The third-order valence-electron chi connectivity index (χ3n) is 9.29. The van der Waals surface area contributed by atoms with E-state index in [-0.39, 0.29) is 28.4 Å². The Hall–Kier alpha value is -1.45. The molecule has 0 radical (unpaired) electrons. The molecule has 0 unspecified atom stereocenters. The second kappa shape index (κ2) is 6.27. The molecule has 0 aromatic carbocycles. The van der Waals surface area contributed by atoms with E-state index in [1.165, 1.54) is 12.5 Å². The number of hydrogen-bond donors (Lipinski definition) is 0. The van der Waals surface area contributed by atoms with Gasteiger partial charge >= 0.3 is 5.97 Å². The Morgan fingerprint density at radius 2 is 1.75 bits per heavy atom. The summed E-state index contributed by atoms with van der Waals surface area (Å²) in [7, 11) is 0. The van der Waals surface area contributed by atoms with Gasteiger partial charge in [0, 0.05) is 18.8 Å². The molecular formula is C24H34O4. The molecule has 4 aliphatic rings. The molecule has 0 aliphatic heterocycles. The van der Waals surface area contributed by atoms with Crippen LogP contribution in [0.2, 0.25) is 0 Å². The van der Waals surface area contributed by atoms with Gasteiger partial charge in [-0.3, -0.25) is 14.4 Å². The highest BCUT2D eigenvalue weighted by atomic mass is 16.6. The number of ether oxygens (including phenoxy) is 1. The SMILES string of the molecule is CC(=O)O[C@]1(C(C)=O)CC[C@H]2[C@@H]3C[C@H](C)C4=CC(=O)CC[C@@]4(C)[C@H]3CC[C@@]21C. The number of esters is 1. The summed E-state index contributed by atoms with van der Waals surface area (Å²) in [6.45, 7) is 9.87. The van der Waals surface area contributed by atoms with Gasteiger partial charge in [-0.1, -0.05) is 26.3 Å². The fourth-order valence-electron chi connectivity index (χ4n) is 8.05. The number of rotatable bonds is 2. The average molecular weight is 387 g/mol. The predicted octanol–water partition coefficient (Wildman–Crippen LogP) is 4.66. The Morgan fingerprint density at radius 3 is 2.39 bits per heavy atom. The summed E-state index contributed by atoms with van der Waals surface area (Å²) in [4.78, 5) is 36.8. The highest BCUT2D eigenvalue weighted by Crippen LogP contribution is 2.69. The van der Waals surface area contributed by atoms with Gasteiger partial charge in [-0.05, 0) is 80.6 Å². The van der Waals surface area contributed by atoms with Gasteiger partial charge in [0.25, 0.3) is 0 Å². The van der Waals surface area contributed by atoms with Crippen molar-refractivity contribution in [3.8, 4) is 0 Å². The molecule has 4 aliphatic carbocycles. The maximum absolute atomic E-state index is 12.8. The van der Waals surface area contributed by atoms with Crippen molar-refractivity contribution in [2.75, 3.05) is 0 Å². The van der Waals surface area contributed by atoms with Gasteiger partial charge in [-0.2, -0.15) is 0 Å². The van der Waals surface area contributed by atoms with Gasteiger partial charge < -0.3 is 4.74 Å². The Balaban J connectivity index is 1.73. The second-order valence-electron chi connectivity index (χ2n) is 10.5. The summed E-state index contributed by atoms with van der Waals surface area (Å²) < 4.78 is 5.84. The Kier molecular flexibility index (Phi) is 4.45. The molecule has 28 heavy (non-hydrogen) atoms. The minimum atomic E-state index is -0.961. The second-order valence-corrected chi connectivity index (χ2v) is 10.5. The first-order valence-corrected chi connectivity index (χ1v) is 11.0. The quantitative estimate of drug-likeness (QED) is 0.648. The lowest BCUT2D eigenvalue weighted by atomic mass is 9.44. The number of Topliss-reactive ketones (excluding diaryl/α,β-unsaturated/α-hetero) is 1. The molecule has 0 bridgehead atoms. The van der Waals surface area contributed by atoms with E-state index in [1.54, 1.807) is 6.92 Å². The van der Waals surface area contributed by atoms with Crippen molar-refractivity contribution in [2.24, 2.45) is 34.5 Å². The summed E-state index contributed by atoms with van der Waals surface area (Å²) in [6, 6.07) is 0. The van der Waals surface area contributed by atoms with Gasteiger partial charge in [-0.25, -0.2) is 0 Å². The summed E-state index contributed by atoms with van der Waals surface area (Å²) in [5, 5.41) is 0. The first kappa shape index (κ1) is 19.8. The monoisotopic (exact) mass is 386 g/mol. The summed E-state index contributed by atoms with van der Waals surface area (Å²) >= 11 is 0. The molecule has 3 fully saturated rings. The van der Waals surface area contributed by atoms with Gasteiger partial charge in [0.2, 0.25) is 0 Å². The van der Waals surface area contributed by atoms with E-state index in [9.17, 15) is 14.4 Å². The lowest BCUT2D eigenvalue weighted by molar-refractivity contribution is -0.187. The molecular weight excluding hydrogens is 352 g/mol. The first-order chi connectivity index (χ1) is 13.0. The van der Waals surface area contributed by atoms with Crippen molar-refractivity contribution >= 4 is 17.5 Å². The van der Waals surface area contributed by atoms with Gasteiger partial charge in [0.1, 0.15) is 0 Å². The molecule has 0 aromatic heterocycles. The molecule has 4 heteroatoms. The van der Waals surface area contributed by atoms with Crippen LogP contribution in [0, 0.1) is 34.5 Å². The van der Waals surface area contributed by atoms with Crippen LogP contribution in [0.25, 0.3) is 0 Å². The highest BCUT2D eigenvalue weighted by Gasteiger charge is 2.68. The van der Waals surface area contributed by atoms with Crippen LogP contribution in [-0.4, -0.2) is 23.1 Å². The van der Waals surface area contributed by atoms with E-state index in [0.29, 0.717) is 36.5 Å². The number of hydrogen-bond acceptors (Lipinski definition) is 4. The van der Waals surface area contributed by atoms with E-state index in [1.807, 2.05) is 6.08 Å². The van der Waals surface area contributed by atoms with Crippen LogP contribution in [0.15, 0.2) is 11.6 Å². The third-order valence-corrected chi connectivity index (χ3v) is 9.29. The van der Waals surface area contributed by atoms with Crippen molar-refractivity contribution < 1.29 is 19.1 Å². The van der Waals surface area contributed by atoms with E-state index in [4.69, 9.17) is 4.74 Å². The molecule has 4 nitrogen and oxygen atoms in total.